The van der Waals surface area contributed by atoms with Gasteiger partial charge in [0.2, 0.25) is 5.91 Å². The molecule has 1 N–H and O–H groups in total. The number of amides is 1. The summed E-state index contributed by atoms with van der Waals surface area (Å²) in [5.74, 6) is 2.24. The third-order valence-corrected chi connectivity index (χ3v) is 4.93. The number of carbonyl (C=O) groups is 1. The van der Waals surface area contributed by atoms with Crippen molar-refractivity contribution in [3.05, 3.63) is 66.0 Å². The molecule has 3 rings (SSSR count). The maximum atomic E-state index is 12.8. The lowest BCUT2D eigenvalue weighted by Crippen LogP contribution is -2.44. The minimum absolute atomic E-state index is 0.0694. The molecule has 2 heterocycles. The largest absolute Gasteiger partial charge is 0.350 e. The number of carbonyl (C=O) groups excluding carboxylic acids is 1. The Hall–Kier alpha value is -1.85. The van der Waals surface area contributed by atoms with Crippen LogP contribution in [0.2, 0.25) is 0 Å². The van der Waals surface area contributed by atoms with E-state index in [4.69, 9.17) is 0 Å². The van der Waals surface area contributed by atoms with Crippen molar-refractivity contribution in [1.82, 2.24) is 15.2 Å². The second kappa shape index (κ2) is 8.13. The molecule has 0 spiro atoms. The fourth-order valence-electron chi connectivity index (χ4n) is 2.79. The van der Waals surface area contributed by atoms with Crippen molar-refractivity contribution < 1.29 is 4.79 Å². The van der Waals surface area contributed by atoms with Gasteiger partial charge in [-0.3, -0.25) is 14.7 Å². The summed E-state index contributed by atoms with van der Waals surface area (Å²) in [6, 6.07) is 13.7. The average Bonchev–Trinajstić information content (AvgIpc) is 2.63. The zero-order valence-electron chi connectivity index (χ0n) is 13.0. The molecule has 0 unspecified atom stereocenters. The molecule has 4 nitrogen and oxygen atoms in total. The van der Waals surface area contributed by atoms with Gasteiger partial charge < -0.3 is 5.32 Å². The predicted molar refractivity (Wildman–Crippen MR) is 94.2 cm³/mol. The van der Waals surface area contributed by atoms with Crippen LogP contribution in [0.4, 0.5) is 0 Å². The summed E-state index contributed by atoms with van der Waals surface area (Å²) in [5.41, 5.74) is 2.13. The summed E-state index contributed by atoms with van der Waals surface area (Å²) in [4.78, 5) is 19.1. The lowest BCUT2D eigenvalue weighted by Gasteiger charge is -2.33. The van der Waals surface area contributed by atoms with Gasteiger partial charge in [0, 0.05) is 43.5 Å². The Morgan fingerprint density at radius 3 is 2.52 bits per heavy atom. The normalized spacial score (nSPS) is 16.7. The molecular formula is C18H21N3OS. The van der Waals surface area contributed by atoms with Gasteiger partial charge in [0.25, 0.3) is 0 Å². The number of benzene rings is 1. The first-order valence-electron chi connectivity index (χ1n) is 7.88. The number of rotatable bonds is 5. The average molecular weight is 327 g/mol. The number of hydrogen-bond acceptors (Lipinski definition) is 4. The molecule has 1 amide bonds. The van der Waals surface area contributed by atoms with Crippen molar-refractivity contribution >= 4 is 17.7 Å². The van der Waals surface area contributed by atoms with Crippen LogP contribution in [0.5, 0.6) is 0 Å². The van der Waals surface area contributed by atoms with Crippen LogP contribution in [0.25, 0.3) is 0 Å². The van der Waals surface area contributed by atoms with E-state index in [1.807, 2.05) is 54.2 Å². The molecule has 5 heteroatoms. The number of thioether (sulfide) groups is 1. The number of nitrogens with one attached hydrogen (secondary N) is 1. The Kier molecular flexibility index (Phi) is 5.66. The van der Waals surface area contributed by atoms with E-state index in [2.05, 4.69) is 15.2 Å². The van der Waals surface area contributed by atoms with Crippen LogP contribution in [0, 0.1) is 0 Å². The second-order valence-corrected chi connectivity index (χ2v) is 6.76. The molecule has 23 heavy (non-hydrogen) atoms. The summed E-state index contributed by atoms with van der Waals surface area (Å²) in [5, 5.41) is 3.08. The van der Waals surface area contributed by atoms with E-state index in [0.717, 1.165) is 35.7 Å². The van der Waals surface area contributed by atoms with Gasteiger partial charge in [0.1, 0.15) is 6.04 Å². The molecule has 1 aromatic heterocycles. The van der Waals surface area contributed by atoms with Crippen molar-refractivity contribution in [3.8, 4) is 0 Å². The van der Waals surface area contributed by atoms with Gasteiger partial charge in [0.05, 0.1) is 0 Å². The molecule has 1 saturated heterocycles. The fourth-order valence-corrected chi connectivity index (χ4v) is 3.72. The maximum absolute atomic E-state index is 12.8. The molecule has 1 fully saturated rings. The van der Waals surface area contributed by atoms with E-state index in [0.29, 0.717) is 6.54 Å². The highest BCUT2D eigenvalue weighted by Crippen LogP contribution is 2.24. The van der Waals surface area contributed by atoms with Gasteiger partial charge in [-0.25, -0.2) is 0 Å². The third kappa shape index (κ3) is 4.33. The van der Waals surface area contributed by atoms with Crippen molar-refractivity contribution in [1.29, 1.82) is 0 Å². The first kappa shape index (κ1) is 16.0. The number of nitrogens with zero attached hydrogens (tertiary/aromatic N) is 2. The van der Waals surface area contributed by atoms with Gasteiger partial charge in [-0.2, -0.15) is 11.8 Å². The highest BCUT2D eigenvalue weighted by Gasteiger charge is 2.28. The molecule has 0 aliphatic carbocycles. The molecule has 1 aliphatic heterocycles. The quantitative estimate of drug-likeness (QED) is 0.916. The summed E-state index contributed by atoms with van der Waals surface area (Å²) >= 11 is 1.95. The fraction of sp³-hybridized carbons (Fsp3) is 0.333. The predicted octanol–water partition coefficient (Wildman–Crippen LogP) is 2.49. The Labute approximate surface area is 141 Å². The Balaban J connectivity index is 1.73. The van der Waals surface area contributed by atoms with Gasteiger partial charge in [0.15, 0.2) is 0 Å². The molecule has 0 radical (unpaired) electrons. The third-order valence-electron chi connectivity index (χ3n) is 3.99. The molecule has 120 valence electrons. The second-order valence-electron chi connectivity index (χ2n) is 5.53. The minimum atomic E-state index is -0.209. The smallest absolute Gasteiger partial charge is 0.242 e. The van der Waals surface area contributed by atoms with Crippen molar-refractivity contribution in [2.45, 2.75) is 12.6 Å². The first-order chi connectivity index (χ1) is 11.3. The van der Waals surface area contributed by atoms with Crippen LogP contribution in [0.3, 0.4) is 0 Å². The van der Waals surface area contributed by atoms with Gasteiger partial charge in [-0.05, 0) is 23.3 Å². The number of hydrogen-bond donors (Lipinski definition) is 1. The van der Waals surface area contributed by atoms with Crippen LogP contribution in [0.1, 0.15) is 17.2 Å². The lowest BCUT2D eigenvalue weighted by atomic mass is 10.0. The summed E-state index contributed by atoms with van der Waals surface area (Å²) in [7, 11) is 0. The zero-order valence-corrected chi connectivity index (χ0v) is 13.8. The summed E-state index contributed by atoms with van der Waals surface area (Å²) in [6.07, 6.45) is 3.50. The van der Waals surface area contributed by atoms with E-state index in [9.17, 15) is 4.79 Å². The van der Waals surface area contributed by atoms with E-state index in [-0.39, 0.29) is 11.9 Å². The molecule has 1 aliphatic rings. The van der Waals surface area contributed by atoms with E-state index < -0.39 is 0 Å². The maximum Gasteiger partial charge on any atom is 0.242 e. The van der Waals surface area contributed by atoms with Gasteiger partial charge >= 0.3 is 0 Å². The van der Waals surface area contributed by atoms with Crippen molar-refractivity contribution in [3.63, 3.8) is 0 Å². The number of pyridine rings is 1. The van der Waals surface area contributed by atoms with E-state index in [1.54, 1.807) is 12.4 Å². The van der Waals surface area contributed by atoms with Crippen LogP contribution in [-0.2, 0) is 11.3 Å². The lowest BCUT2D eigenvalue weighted by molar-refractivity contribution is -0.126. The Bertz CT molecular complexity index is 615. The Morgan fingerprint density at radius 2 is 1.83 bits per heavy atom. The van der Waals surface area contributed by atoms with Crippen LogP contribution in [0.15, 0.2) is 54.9 Å². The Morgan fingerprint density at radius 1 is 1.13 bits per heavy atom. The first-order valence-corrected chi connectivity index (χ1v) is 9.03. The minimum Gasteiger partial charge on any atom is -0.350 e. The van der Waals surface area contributed by atoms with E-state index in [1.165, 1.54) is 0 Å². The van der Waals surface area contributed by atoms with Crippen molar-refractivity contribution in [2.24, 2.45) is 0 Å². The monoisotopic (exact) mass is 327 g/mol. The molecule has 1 atom stereocenters. The SMILES string of the molecule is O=C(NCc1ccncc1)[C@H](c1ccccc1)N1CCSCC1. The highest BCUT2D eigenvalue weighted by atomic mass is 32.2. The standard InChI is InChI=1S/C18H21N3OS/c22-18(20-14-15-6-8-19-9-7-15)17(16-4-2-1-3-5-16)21-10-12-23-13-11-21/h1-9,17H,10-14H2,(H,20,22)/t17-/m0/s1. The topological polar surface area (TPSA) is 45.2 Å². The van der Waals surface area contributed by atoms with Gasteiger partial charge in [-0.15, -0.1) is 0 Å². The van der Waals surface area contributed by atoms with Crippen molar-refractivity contribution in [2.75, 3.05) is 24.6 Å². The molecule has 2 aromatic rings. The summed E-state index contributed by atoms with van der Waals surface area (Å²) < 4.78 is 0. The van der Waals surface area contributed by atoms with Crippen LogP contribution < -0.4 is 5.32 Å². The van der Waals surface area contributed by atoms with Gasteiger partial charge in [-0.1, -0.05) is 30.3 Å². The van der Waals surface area contributed by atoms with Crippen LogP contribution in [-0.4, -0.2) is 40.4 Å². The number of aromatic nitrogens is 1. The molecular weight excluding hydrogens is 306 g/mol. The zero-order chi connectivity index (χ0) is 15.9. The van der Waals surface area contributed by atoms with Crippen LogP contribution >= 0.6 is 11.8 Å². The van der Waals surface area contributed by atoms with E-state index >= 15 is 0 Å². The summed E-state index contributed by atoms with van der Waals surface area (Å²) in [6.45, 7) is 2.44. The molecule has 0 saturated carbocycles. The molecule has 1 aromatic carbocycles. The highest BCUT2D eigenvalue weighted by molar-refractivity contribution is 7.99. The molecule has 0 bridgehead atoms.